The number of nitrogens with one attached hydrogen (secondary N) is 1. The van der Waals surface area contributed by atoms with Gasteiger partial charge in [-0.15, -0.1) is 0 Å². The lowest BCUT2D eigenvalue weighted by atomic mass is 10.0. The van der Waals surface area contributed by atoms with Gasteiger partial charge < -0.3 is 10.2 Å². The van der Waals surface area contributed by atoms with E-state index in [4.69, 9.17) is 23.2 Å². The molecule has 0 aliphatic rings. The van der Waals surface area contributed by atoms with Crippen molar-refractivity contribution in [1.29, 1.82) is 0 Å². The monoisotopic (exact) mass is 665 g/mol. The molecule has 4 rings (SSSR count). The first-order chi connectivity index (χ1) is 21.6. The molecule has 45 heavy (non-hydrogen) atoms. The molecule has 0 aromatic heterocycles. The summed E-state index contributed by atoms with van der Waals surface area (Å²) in [6.07, 6.45) is 1.90. The van der Waals surface area contributed by atoms with E-state index in [9.17, 15) is 18.0 Å². The number of rotatable bonds is 14. The Hall–Kier alpha value is -3.85. The summed E-state index contributed by atoms with van der Waals surface area (Å²) < 4.78 is 29.2. The number of carbonyl (C=O) groups is 2. The van der Waals surface area contributed by atoms with E-state index < -0.39 is 28.5 Å². The minimum atomic E-state index is -4.22. The molecule has 0 spiro atoms. The summed E-state index contributed by atoms with van der Waals surface area (Å²) in [7, 11) is -4.22. The van der Waals surface area contributed by atoms with Crippen molar-refractivity contribution in [3.8, 4) is 0 Å². The van der Waals surface area contributed by atoms with Crippen molar-refractivity contribution in [3.05, 3.63) is 130 Å². The number of unbranched alkanes of at least 4 members (excludes halogenated alkanes) is 1. The summed E-state index contributed by atoms with van der Waals surface area (Å²) in [5.74, 6) is -0.880. The third kappa shape index (κ3) is 9.10. The lowest BCUT2D eigenvalue weighted by molar-refractivity contribution is -0.140. The highest BCUT2D eigenvalue weighted by Crippen LogP contribution is 2.27. The van der Waals surface area contributed by atoms with Gasteiger partial charge in [0, 0.05) is 29.6 Å². The number of amides is 2. The van der Waals surface area contributed by atoms with Crippen molar-refractivity contribution in [2.45, 2.75) is 50.6 Å². The predicted octanol–water partition coefficient (Wildman–Crippen LogP) is 7.05. The molecule has 7 nitrogen and oxygen atoms in total. The minimum absolute atomic E-state index is 0.0000644. The molecule has 0 radical (unpaired) electrons. The fourth-order valence-electron chi connectivity index (χ4n) is 4.84. The fraction of sp³-hybridized carbons (Fsp3) is 0.257. The maximum absolute atomic E-state index is 14.5. The summed E-state index contributed by atoms with van der Waals surface area (Å²) in [5.41, 5.74) is 2.73. The molecule has 0 heterocycles. The molecule has 1 N–H and O–H groups in total. The molecule has 1 unspecified atom stereocenters. The van der Waals surface area contributed by atoms with Crippen LogP contribution in [0.2, 0.25) is 10.0 Å². The number of benzene rings is 4. The van der Waals surface area contributed by atoms with E-state index in [2.05, 4.69) is 5.32 Å². The largest absolute Gasteiger partial charge is 0.354 e. The van der Waals surface area contributed by atoms with Crippen LogP contribution in [0.4, 0.5) is 5.69 Å². The standard InChI is InChI=1S/C35H37Cl2N3O4S/c1-3-4-22-38-35(42)33(23-27-10-6-5-7-11-27)39(24-28-12-8-9-13-32(28)37)34(41)25-40(30-18-14-26(2)15-19-30)45(43,44)31-20-16-29(36)17-21-31/h5-21,33H,3-4,22-25H2,1-2H3,(H,38,42). The highest BCUT2D eigenvalue weighted by atomic mass is 35.5. The van der Waals surface area contributed by atoms with Gasteiger partial charge in [0.05, 0.1) is 10.6 Å². The molecule has 0 aliphatic heterocycles. The average molecular weight is 667 g/mol. The third-order valence-corrected chi connectivity index (χ3v) is 9.81. The Morgan fingerprint density at radius 3 is 2.13 bits per heavy atom. The second-order valence-corrected chi connectivity index (χ2v) is 13.5. The Morgan fingerprint density at radius 1 is 0.844 bits per heavy atom. The number of hydrogen-bond donors (Lipinski definition) is 1. The number of halogens is 2. The molecule has 0 aliphatic carbocycles. The fourth-order valence-corrected chi connectivity index (χ4v) is 6.58. The van der Waals surface area contributed by atoms with Crippen molar-refractivity contribution in [2.24, 2.45) is 0 Å². The molecule has 2 amide bonds. The van der Waals surface area contributed by atoms with E-state index in [1.165, 1.54) is 29.2 Å². The summed E-state index contributed by atoms with van der Waals surface area (Å²) in [6, 6.07) is 28.3. The van der Waals surface area contributed by atoms with Gasteiger partial charge in [-0.1, -0.05) is 103 Å². The molecule has 4 aromatic carbocycles. The van der Waals surface area contributed by atoms with Gasteiger partial charge in [0.2, 0.25) is 11.8 Å². The molecular weight excluding hydrogens is 629 g/mol. The van der Waals surface area contributed by atoms with Crippen LogP contribution in [0.25, 0.3) is 0 Å². The van der Waals surface area contributed by atoms with Crippen molar-refractivity contribution < 1.29 is 18.0 Å². The van der Waals surface area contributed by atoms with E-state index in [-0.39, 0.29) is 23.8 Å². The molecular formula is C35H37Cl2N3O4S. The van der Waals surface area contributed by atoms with Gasteiger partial charge in [0.25, 0.3) is 10.0 Å². The minimum Gasteiger partial charge on any atom is -0.354 e. The zero-order chi connectivity index (χ0) is 32.4. The second-order valence-electron chi connectivity index (χ2n) is 10.8. The lowest BCUT2D eigenvalue weighted by Gasteiger charge is -2.34. The normalized spacial score (nSPS) is 11.9. The first kappa shape index (κ1) is 34.0. The maximum Gasteiger partial charge on any atom is 0.264 e. The van der Waals surface area contributed by atoms with Crippen LogP contribution in [0, 0.1) is 6.92 Å². The second kappa shape index (κ2) is 15.9. The summed E-state index contributed by atoms with van der Waals surface area (Å²) >= 11 is 12.6. The summed E-state index contributed by atoms with van der Waals surface area (Å²) in [4.78, 5) is 29.7. The van der Waals surface area contributed by atoms with Crippen LogP contribution in [0.5, 0.6) is 0 Å². The van der Waals surface area contributed by atoms with Gasteiger partial charge >= 0.3 is 0 Å². The van der Waals surface area contributed by atoms with E-state index in [0.717, 1.165) is 28.3 Å². The van der Waals surface area contributed by atoms with Crippen molar-refractivity contribution in [2.75, 3.05) is 17.4 Å². The molecule has 4 aromatic rings. The Kier molecular flexibility index (Phi) is 12.0. The lowest BCUT2D eigenvalue weighted by Crippen LogP contribution is -2.53. The van der Waals surface area contributed by atoms with Gasteiger partial charge in [-0.2, -0.15) is 0 Å². The van der Waals surface area contributed by atoms with E-state index in [1.54, 1.807) is 48.5 Å². The SMILES string of the molecule is CCCCNC(=O)C(Cc1ccccc1)N(Cc1ccccc1Cl)C(=O)CN(c1ccc(C)cc1)S(=O)(=O)c1ccc(Cl)cc1. The smallest absolute Gasteiger partial charge is 0.264 e. The van der Waals surface area contributed by atoms with Gasteiger partial charge in [-0.05, 0) is 66.9 Å². The topological polar surface area (TPSA) is 86.8 Å². The molecule has 0 saturated carbocycles. The Bertz CT molecular complexity index is 1680. The van der Waals surface area contributed by atoms with Gasteiger partial charge in [-0.3, -0.25) is 13.9 Å². The van der Waals surface area contributed by atoms with Crippen molar-refractivity contribution in [3.63, 3.8) is 0 Å². The van der Waals surface area contributed by atoms with E-state index in [0.29, 0.717) is 27.8 Å². The molecule has 0 fully saturated rings. The van der Waals surface area contributed by atoms with Crippen molar-refractivity contribution >= 4 is 50.7 Å². The van der Waals surface area contributed by atoms with Crippen LogP contribution in [-0.4, -0.2) is 44.3 Å². The summed E-state index contributed by atoms with van der Waals surface area (Å²) in [6.45, 7) is 3.83. The van der Waals surface area contributed by atoms with Gasteiger partial charge in [0.1, 0.15) is 12.6 Å². The molecule has 0 bridgehead atoms. The Labute approximate surface area is 275 Å². The van der Waals surface area contributed by atoms with Crippen LogP contribution in [0.3, 0.4) is 0 Å². The molecule has 10 heteroatoms. The number of nitrogens with zero attached hydrogens (tertiary/aromatic N) is 2. The van der Waals surface area contributed by atoms with Crippen molar-refractivity contribution in [1.82, 2.24) is 10.2 Å². The van der Waals surface area contributed by atoms with Crippen LogP contribution in [-0.2, 0) is 32.6 Å². The predicted molar refractivity (Wildman–Crippen MR) is 181 cm³/mol. The Balaban J connectivity index is 1.79. The zero-order valence-corrected chi connectivity index (χ0v) is 27.7. The van der Waals surface area contributed by atoms with Crippen LogP contribution < -0.4 is 9.62 Å². The first-order valence-electron chi connectivity index (χ1n) is 14.8. The highest BCUT2D eigenvalue weighted by molar-refractivity contribution is 7.92. The third-order valence-electron chi connectivity index (χ3n) is 7.40. The number of aryl methyl sites for hydroxylation is 1. The average Bonchev–Trinajstić information content (AvgIpc) is 3.03. The van der Waals surface area contributed by atoms with E-state index in [1.807, 2.05) is 44.2 Å². The number of carbonyl (C=O) groups excluding carboxylic acids is 2. The van der Waals surface area contributed by atoms with Crippen LogP contribution >= 0.6 is 23.2 Å². The molecule has 236 valence electrons. The van der Waals surface area contributed by atoms with Crippen LogP contribution in [0.15, 0.2) is 108 Å². The molecule has 1 atom stereocenters. The van der Waals surface area contributed by atoms with Gasteiger partial charge in [-0.25, -0.2) is 8.42 Å². The first-order valence-corrected chi connectivity index (χ1v) is 17.0. The quantitative estimate of drug-likeness (QED) is 0.146. The number of anilines is 1. The zero-order valence-electron chi connectivity index (χ0n) is 25.3. The van der Waals surface area contributed by atoms with Gasteiger partial charge in [0.15, 0.2) is 0 Å². The number of hydrogen-bond acceptors (Lipinski definition) is 4. The molecule has 0 saturated heterocycles. The summed E-state index contributed by atoms with van der Waals surface area (Å²) in [5, 5.41) is 3.80. The number of sulfonamides is 1. The van der Waals surface area contributed by atoms with Crippen LogP contribution in [0.1, 0.15) is 36.5 Å². The Morgan fingerprint density at radius 2 is 1.49 bits per heavy atom. The maximum atomic E-state index is 14.5. The van der Waals surface area contributed by atoms with E-state index >= 15 is 0 Å². The highest BCUT2D eigenvalue weighted by Gasteiger charge is 2.34.